The van der Waals surface area contributed by atoms with E-state index in [9.17, 15) is 23.3 Å². The second-order valence-corrected chi connectivity index (χ2v) is 7.55. The second-order valence-electron chi connectivity index (χ2n) is 7.55. The Morgan fingerprint density at radius 1 is 1.14 bits per heavy atom. The molecule has 1 N–H and O–H groups in total. The van der Waals surface area contributed by atoms with Gasteiger partial charge in [0.1, 0.15) is 6.33 Å². The molecule has 0 aliphatic carbocycles. The minimum absolute atomic E-state index is 0.0480. The maximum Gasteiger partial charge on any atom is 0.416 e. The highest BCUT2D eigenvalue weighted by Gasteiger charge is 2.31. The van der Waals surface area contributed by atoms with E-state index in [1.807, 2.05) is 32.6 Å². The molecule has 158 valence electrons. The minimum Gasteiger partial charge on any atom is -0.350 e. The molecule has 0 atom stereocenters. The van der Waals surface area contributed by atoms with Crippen molar-refractivity contribution in [1.29, 1.82) is 0 Å². The van der Waals surface area contributed by atoms with Crippen molar-refractivity contribution in [2.75, 3.05) is 23.3 Å². The normalized spacial score (nSPS) is 11.8. The Balaban J connectivity index is 2.49. The lowest BCUT2D eigenvalue weighted by Gasteiger charge is -2.27. The van der Waals surface area contributed by atoms with Crippen molar-refractivity contribution in [1.82, 2.24) is 9.97 Å². The molecule has 2 rings (SSSR count). The predicted octanol–water partition coefficient (Wildman–Crippen LogP) is 5.27. The summed E-state index contributed by atoms with van der Waals surface area (Å²) in [5.41, 5.74) is -1.18. The highest BCUT2D eigenvalue weighted by atomic mass is 19.4. The van der Waals surface area contributed by atoms with E-state index in [-0.39, 0.29) is 34.8 Å². The van der Waals surface area contributed by atoms with Crippen LogP contribution in [0.3, 0.4) is 0 Å². The van der Waals surface area contributed by atoms with Crippen LogP contribution in [-0.4, -0.2) is 28.0 Å². The third-order valence-corrected chi connectivity index (χ3v) is 3.91. The molecule has 0 radical (unpaired) electrons. The van der Waals surface area contributed by atoms with Crippen LogP contribution in [-0.2, 0) is 6.18 Å². The zero-order valence-electron chi connectivity index (χ0n) is 16.7. The van der Waals surface area contributed by atoms with Crippen LogP contribution in [0.4, 0.5) is 36.2 Å². The Bertz CT molecular complexity index is 846. The maximum atomic E-state index is 13.0. The molecule has 0 saturated heterocycles. The number of halogens is 3. The number of nitro groups is 1. The second kappa shape index (κ2) is 9.06. The van der Waals surface area contributed by atoms with Gasteiger partial charge in [0.05, 0.1) is 10.5 Å². The number of aromatic nitrogens is 2. The van der Waals surface area contributed by atoms with Gasteiger partial charge in [0, 0.05) is 18.8 Å². The van der Waals surface area contributed by atoms with Crippen LogP contribution in [0.2, 0.25) is 0 Å². The number of benzene rings is 1. The summed E-state index contributed by atoms with van der Waals surface area (Å²) < 4.78 is 38.9. The van der Waals surface area contributed by atoms with Crippen LogP contribution in [0, 0.1) is 22.0 Å². The van der Waals surface area contributed by atoms with Gasteiger partial charge in [0.2, 0.25) is 11.6 Å². The number of nitrogens with zero attached hydrogens (tertiary/aromatic N) is 4. The third kappa shape index (κ3) is 6.03. The van der Waals surface area contributed by atoms with Crippen molar-refractivity contribution in [3.63, 3.8) is 0 Å². The average Bonchev–Trinajstić information content (AvgIpc) is 2.59. The first kappa shape index (κ1) is 22.4. The molecule has 0 bridgehead atoms. The molecule has 1 aromatic carbocycles. The van der Waals surface area contributed by atoms with E-state index in [0.717, 1.165) is 12.1 Å². The van der Waals surface area contributed by atoms with Gasteiger partial charge in [0.25, 0.3) is 0 Å². The summed E-state index contributed by atoms with van der Waals surface area (Å²) in [5, 5.41) is 14.5. The fourth-order valence-electron chi connectivity index (χ4n) is 2.90. The largest absolute Gasteiger partial charge is 0.416 e. The number of hydrogen-bond donors (Lipinski definition) is 1. The molecular weight excluding hydrogens is 387 g/mol. The molecule has 0 fully saturated rings. The molecule has 7 nitrogen and oxygen atoms in total. The van der Waals surface area contributed by atoms with Crippen molar-refractivity contribution in [2.45, 2.75) is 33.9 Å². The van der Waals surface area contributed by atoms with Gasteiger partial charge in [-0.05, 0) is 30.0 Å². The van der Waals surface area contributed by atoms with Crippen molar-refractivity contribution in [3.05, 3.63) is 46.3 Å². The molecule has 0 spiro atoms. The van der Waals surface area contributed by atoms with Crippen LogP contribution < -0.4 is 10.2 Å². The first-order valence-electron chi connectivity index (χ1n) is 9.17. The van der Waals surface area contributed by atoms with Gasteiger partial charge in [-0.2, -0.15) is 13.2 Å². The standard InChI is InChI=1S/C19H24F3N5O2/c1-12(2)9-26(10-13(3)4)18-16(27(28)29)17(23-11-24-18)25-15-7-5-6-14(8-15)19(20,21)22/h5-8,11-13H,9-10H2,1-4H3,(H,23,24,25). The molecule has 0 amide bonds. The lowest BCUT2D eigenvalue weighted by atomic mass is 10.1. The highest BCUT2D eigenvalue weighted by Crippen LogP contribution is 2.36. The molecule has 1 aromatic heterocycles. The van der Waals surface area contributed by atoms with Gasteiger partial charge in [-0.15, -0.1) is 0 Å². The lowest BCUT2D eigenvalue weighted by Crippen LogP contribution is -2.32. The number of alkyl halides is 3. The first-order valence-corrected chi connectivity index (χ1v) is 9.17. The minimum atomic E-state index is -4.52. The van der Waals surface area contributed by atoms with Gasteiger partial charge in [-0.1, -0.05) is 33.8 Å². The SMILES string of the molecule is CC(C)CN(CC(C)C)c1ncnc(Nc2cccc(C(F)(F)F)c2)c1[N+](=O)[O-]. The summed E-state index contributed by atoms with van der Waals surface area (Å²) in [5.74, 6) is 0.435. The van der Waals surface area contributed by atoms with E-state index in [1.54, 1.807) is 0 Å². The lowest BCUT2D eigenvalue weighted by molar-refractivity contribution is -0.383. The van der Waals surface area contributed by atoms with E-state index in [2.05, 4.69) is 15.3 Å². The summed E-state index contributed by atoms with van der Waals surface area (Å²) in [7, 11) is 0. The van der Waals surface area contributed by atoms with Gasteiger partial charge in [-0.3, -0.25) is 10.1 Å². The Labute approximate surface area is 167 Å². The Hall–Kier alpha value is -2.91. The van der Waals surface area contributed by atoms with Gasteiger partial charge in [-0.25, -0.2) is 9.97 Å². The summed E-state index contributed by atoms with van der Waals surface area (Å²) in [6.45, 7) is 9.03. The van der Waals surface area contributed by atoms with Crippen LogP contribution in [0.1, 0.15) is 33.3 Å². The number of rotatable bonds is 8. The van der Waals surface area contributed by atoms with Gasteiger partial charge >= 0.3 is 11.9 Å². The Morgan fingerprint density at radius 3 is 2.28 bits per heavy atom. The van der Waals surface area contributed by atoms with Crippen molar-refractivity contribution >= 4 is 23.0 Å². The van der Waals surface area contributed by atoms with Crippen LogP contribution in [0.25, 0.3) is 0 Å². The highest BCUT2D eigenvalue weighted by molar-refractivity contribution is 5.74. The predicted molar refractivity (Wildman–Crippen MR) is 105 cm³/mol. The van der Waals surface area contributed by atoms with E-state index >= 15 is 0 Å². The van der Waals surface area contributed by atoms with E-state index in [0.29, 0.717) is 13.1 Å². The molecule has 0 unspecified atom stereocenters. The molecule has 0 aliphatic rings. The molecule has 10 heteroatoms. The van der Waals surface area contributed by atoms with Crippen molar-refractivity contribution in [3.8, 4) is 0 Å². The van der Waals surface area contributed by atoms with E-state index in [4.69, 9.17) is 0 Å². The van der Waals surface area contributed by atoms with Crippen molar-refractivity contribution < 1.29 is 18.1 Å². The summed E-state index contributed by atoms with van der Waals surface area (Å²) >= 11 is 0. The monoisotopic (exact) mass is 411 g/mol. The van der Waals surface area contributed by atoms with Gasteiger partial charge < -0.3 is 10.2 Å². The number of nitrogens with one attached hydrogen (secondary N) is 1. The molecule has 2 aromatic rings. The van der Waals surface area contributed by atoms with Crippen molar-refractivity contribution in [2.24, 2.45) is 11.8 Å². The topological polar surface area (TPSA) is 84.2 Å². The quantitative estimate of drug-likeness (QED) is 0.471. The summed E-state index contributed by atoms with van der Waals surface area (Å²) in [6, 6.07) is 4.42. The fourth-order valence-corrected chi connectivity index (χ4v) is 2.90. The Morgan fingerprint density at radius 2 is 1.76 bits per heavy atom. The summed E-state index contributed by atoms with van der Waals surface area (Å²) in [4.78, 5) is 21.0. The third-order valence-electron chi connectivity index (χ3n) is 3.91. The van der Waals surface area contributed by atoms with Crippen LogP contribution in [0.15, 0.2) is 30.6 Å². The Kier molecular flexibility index (Phi) is 6.99. The summed E-state index contributed by atoms with van der Waals surface area (Å²) in [6.07, 6.45) is -3.35. The van der Waals surface area contributed by atoms with E-state index in [1.165, 1.54) is 18.5 Å². The zero-order valence-corrected chi connectivity index (χ0v) is 16.7. The smallest absolute Gasteiger partial charge is 0.350 e. The molecule has 1 heterocycles. The molecular formula is C19H24F3N5O2. The molecule has 0 aliphatic heterocycles. The van der Waals surface area contributed by atoms with Gasteiger partial charge in [0.15, 0.2) is 0 Å². The first-order chi connectivity index (χ1) is 13.5. The average molecular weight is 411 g/mol. The zero-order chi connectivity index (χ0) is 21.8. The van der Waals surface area contributed by atoms with E-state index < -0.39 is 16.7 Å². The number of hydrogen-bond acceptors (Lipinski definition) is 6. The number of anilines is 3. The maximum absolute atomic E-state index is 13.0. The molecule has 29 heavy (non-hydrogen) atoms. The fraction of sp³-hybridized carbons (Fsp3) is 0.474. The molecule has 0 saturated carbocycles. The van der Waals surface area contributed by atoms with Crippen LogP contribution >= 0.6 is 0 Å². The van der Waals surface area contributed by atoms with Crippen LogP contribution in [0.5, 0.6) is 0 Å².